The van der Waals surface area contributed by atoms with E-state index in [1.54, 1.807) is 0 Å². The van der Waals surface area contributed by atoms with Gasteiger partial charge in [0.25, 0.3) is 0 Å². The second kappa shape index (κ2) is 11.0. The van der Waals surface area contributed by atoms with Crippen molar-refractivity contribution in [3.05, 3.63) is 47.7 Å². The summed E-state index contributed by atoms with van der Waals surface area (Å²) in [4.78, 5) is 6.98. The van der Waals surface area contributed by atoms with Crippen LogP contribution in [0.25, 0.3) is 0 Å². The van der Waals surface area contributed by atoms with Gasteiger partial charge in [0.1, 0.15) is 5.82 Å². The van der Waals surface area contributed by atoms with Gasteiger partial charge in [-0.25, -0.2) is 4.98 Å². The van der Waals surface area contributed by atoms with E-state index in [0.29, 0.717) is 0 Å². The molecule has 3 nitrogen and oxygen atoms in total. The van der Waals surface area contributed by atoms with Crippen LogP contribution in [-0.4, -0.2) is 24.6 Å². The molecule has 1 aromatic heterocycles. The van der Waals surface area contributed by atoms with Gasteiger partial charge >= 0.3 is 0 Å². The van der Waals surface area contributed by atoms with E-state index < -0.39 is 0 Å². The van der Waals surface area contributed by atoms with E-state index in [2.05, 4.69) is 59.4 Å². The Morgan fingerprint density at radius 1 is 1.21 bits per heavy atom. The largest absolute Gasteiger partial charge is 0.357 e. The van der Waals surface area contributed by atoms with E-state index in [0.717, 1.165) is 51.3 Å². The van der Waals surface area contributed by atoms with Crippen molar-refractivity contribution < 1.29 is 0 Å². The van der Waals surface area contributed by atoms with Crippen molar-refractivity contribution in [2.45, 2.75) is 58.9 Å². The average Bonchev–Trinajstić information content (AvgIpc) is 2.64. The minimum Gasteiger partial charge on any atom is -0.357 e. The SMILES string of the molecule is CC/C=C\C/C=C(\CC)CNCc1ccnc(N2CCCCC2)c1. The van der Waals surface area contributed by atoms with E-state index in [4.69, 9.17) is 0 Å². The van der Waals surface area contributed by atoms with Gasteiger partial charge in [-0.3, -0.25) is 0 Å². The summed E-state index contributed by atoms with van der Waals surface area (Å²) >= 11 is 0. The molecule has 1 aromatic rings. The molecule has 132 valence electrons. The maximum Gasteiger partial charge on any atom is 0.128 e. The van der Waals surface area contributed by atoms with Crippen molar-refractivity contribution in [1.82, 2.24) is 10.3 Å². The van der Waals surface area contributed by atoms with Gasteiger partial charge in [-0.1, -0.05) is 37.6 Å². The molecule has 0 unspecified atom stereocenters. The van der Waals surface area contributed by atoms with Crippen molar-refractivity contribution in [2.75, 3.05) is 24.5 Å². The minimum atomic E-state index is 0.908. The van der Waals surface area contributed by atoms with E-state index >= 15 is 0 Å². The summed E-state index contributed by atoms with van der Waals surface area (Å²) in [7, 11) is 0. The summed E-state index contributed by atoms with van der Waals surface area (Å²) in [6.07, 6.45) is 16.0. The molecule has 0 radical (unpaired) electrons. The molecule has 1 saturated heterocycles. The fourth-order valence-corrected chi connectivity index (χ4v) is 3.07. The fraction of sp³-hybridized carbons (Fsp3) is 0.571. The molecule has 0 saturated carbocycles. The Labute approximate surface area is 147 Å². The van der Waals surface area contributed by atoms with Gasteiger partial charge in [-0.15, -0.1) is 0 Å². The lowest BCUT2D eigenvalue weighted by atomic mass is 10.1. The molecule has 1 aliphatic heterocycles. The quantitative estimate of drug-likeness (QED) is 0.657. The summed E-state index contributed by atoms with van der Waals surface area (Å²) in [5.41, 5.74) is 2.81. The molecule has 2 rings (SSSR count). The molecular formula is C21H33N3. The van der Waals surface area contributed by atoms with E-state index in [-0.39, 0.29) is 0 Å². The van der Waals surface area contributed by atoms with Crippen LogP contribution in [-0.2, 0) is 6.54 Å². The zero-order chi connectivity index (χ0) is 17.0. The molecule has 2 heterocycles. The molecule has 24 heavy (non-hydrogen) atoms. The lowest BCUT2D eigenvalue weighted by Crippen LogP contribution is -2.30. The standard InChI is InChI=1S/C21H33N3/c1-3-5-6-8-11-19(4-2)17-22-18-20-12-13-23-21(16-20)24-14-9-7-10-15-24/h5-6,11-13,16,22H,3-4,7-10,14-15,17-18H2,1-2H3/b6-5-,19-11+. The molecule has 0 amide bonds. The Morgan fingerprint density at radius 2 is 2.04 bits per heavy atom. The Bertz CT molecular complexity index is 528. The van der Waals surface area contributed by atoms with Crippen LogP contribution in [0.4, 0.5) is 5.82 Å². The molecule has 1 fully saturated rings. The first-order valence-electron chi connectivity index (χ1n) is 9.57. The highest BCUT2D eigenvalue weighted by Crippen LogP contribution is 2.18. The van der Waals surface area contributed by atoms with Gasteiger partial charge in [-0.2, -0.15) is 0 Å². The number of pyridine rings is 1. The highest BCUT2D eigenvalue weighted by molar-refractivity contribution is 5.41. The normalized spacial score (nSPS) is 16.1. The van der Waals surface area contributed by atoms with Gasteiger partial charge in [0.15, 0.2) is 0 Å². The topological polar surface area (TPSA) is 28.2 Å². The zero-order valence-electron chi connectivity index (χ0n) is 15.4. The maximum absolute atomic E-state index is 4.56. The van der Waals surface area contributed by atoms with Crippen LogP contribution in [0.2, 0.25) is 0 Å². The van der Waals surface area contributed by atoms with Gasteiger partial charge in [0.2, 0.25) is 0 Å². The molecule has 0 atom stereocenters. The molecular weight excluding hydrogens is 294 g/mol. The van der Waals surface area contributed by atoms with Crippen molar-refractivity contribution in [3.8, 4) is 0 Å². The predicted molar refractivity (Wildman–Crippen MR) is 104 cm³/mol. The lowest BCUT2D eigenvalue weighted by molar-refractivity contribution is 0.573. The van der Waals surface area contributed by atoms with E-state index in [1.165, 1.54) is 30.4 Å². The molecule has 1 aliphatic rings. The number of anilines is 1. The van der Waals surface area contributed by atoms with Crippen molar-refractivity contribution in [3.63, 3.8) is 0 Å². The third kappa shape index (κ3) is 6.48. The third-order valence-electron chi connectivity index (χ3n) is 4.57. The van der Waals surface area contributed by atoms with Crippen molar-refractivity contribution in [2.24, 2.45) is 0 Å². The molecule has 3 heteroatoms. The van der Waals surface area contributed by atoms with E-state index in [1.807, 2.05) is 6.20 Å². The van der Waals surface area contributed by atoms with Crippen LogP contribution in [0.3, 0.4) is 0 Å². The monoisotopic (exact) mass is 327 g/mol. The first-order chi connectivity index (χ1) is 11.8. The van der Waals surface area contributed by atoms with Crippen LogP contribution in [0.5, 0.6) is 0 Å². The number of piperidine rings is 1. The number of nitrogens with one attached hydrogen (secondary N) is 1. The summed E-state index contributed by atoms with van der Waals surface area (Å²) in [5.74, 6) is 1.14. The molecule has 0 spiro atoms. The van der Waals surface area contributed by atoms with Crippen molar-refractivity contribution in [1.29, 1.82) is 0 Å². The highest BCUT2D eigenvalue weighted by Gasteiger charge is 2.12. The Morgan fingerprint density at radius 3 is 2.79 bits per heavy atom. The van der Waals surface area contributed by atoms with Crippen LogP contribution < -0.4 is 10.2 Å². The summed E-state index contributed by atoms with van der Waals surface area (Å²) in [5, 5.41) is 3.59. The molecule has 0 aliphatic carbocycles. The molecule has 1 N–H and O–H groups in total. The third-order valence-corrected chi connectivity index (χ3v) is 4.57. The number of hydrogen-bond donors (Lipinski definition) is 1. The van der Waals surface area contributed by atoms with Gasteiger partial charge in [-0.05, 0) is 56.2 Å². The number of aromatic nitrogens is 1. The number of nitrogens with zero attached hydrogens (tertiary/aromatic N) is 2. The average molecular weight is 328 g/mol. The summed E-state index contributed by atoms with van der Waals surface area (Å²) < 4.78 is 0. The second-order valence-corrected chi connectivity index (χ2v) is 6.50. The molecule has 0 aromatic carbocycles. The maximum atomic E-state index is 4.56. The van der Waals surface area contributed by atoms with Crippen molar-refractivity contribution >= 4 is 5.82 Å². The first kappa shape index (κ1) is 18.7. The fourth-order valence-electron chi connectivity index (χ4n) is 3.07. The predicted octanol–water partition coefficient (Wildman–Crippen LogP) is 4.85. The summed E-state index contributed by atoms with van der Waals surface area (Å²) in [6, 6.07) is 4.37. The Kier molecular flexibility index (Phi) is 8.61. The minimum absolute atomic E-state index is 0.908. The van der Waals surface area contributed by atoms with Gasteiger partial charge in [0, 0.05) is 32.4 Å². The van der Waals surface area contributed by atoms with Crippen LogP contribution in [0.15, 0.2) is 42.1 Å². The van der Waals surface area contributed by atoms with Gasteiger partial charge in [0.05, 0.1) is 0 Å². The summed E-state index contributed by atoms with van der Waals surface area (Å²) in [6.45, 7) is 8.59. The van der Waals surface area contributed by atoms with Crippen LogP contribution in [0.1, 0.15) is 57.9 Å². The highest BCUT2D eigenvalue weighted by atomic mass is 15.2. The van der Waals surface area contributed by atoms with Crippen LogP contribution in [0, 0.1) is 0 Å². The smallest absolute Gasteiger partial charge is 0.128 e. The number of rotatable bonds is 9. The number of allylic oxidation sites excluding steroid dienone is 3. The molecule has 0 bridgehead atoms. The number of hydrogen-bond acceptors (Lipinski definition) is 3. The van der Waals surface area contributed by atoms with Crippen LogP contribution >= 0.6 is 0 Å². The second-order valence-electron chi connectivity index (χ2n) is 6.50. The van der Waals surface area contributed by atoms with E-state index in [9.17, 15) is 0 Å². The zero-order valence-corrected chi connectivity index (χ0v) is 15.4. The lowest BCUT2D eigenvalue weighted by Gasteiger charge is -2.28. The Balaban J connectivity index is 1.81. The first-order valence-corrected chi connectivity index (χ1v) is 9.57. The van der Waals surface area contributed by atoms with Gasteiger partial charge < -0.3 is 10.2 Å². The Hall–Kier alpha value is -1.61.